The first kappa shape index (κ1) is 11.9. The standard InChI is InChI=1S/C13H11N3O2S/c1-7-5-15-11(19-7)6-16-12(17)9-3-2-8(14)4-10(9)13(16)18/h2-5H,6,14H2,1H3. The van der Waals surface area contributed by atoms with Crippen LogP contribution >= 0.6 is 11.3 Å². The highest BCUT2D eigenvalue weighted by Crippen LogP contribution is 2.27. The van der Waals surface area contributed by atoms with E-state index >= 15 is 0 Å². The quantitative estimate of drug-likeness (QED) is 0.669. The van der Waals surface area contributed by atoms with Crippen LogP contribution in [0.2, 0.25) is 0 Å². The Balaban J connectivity index is 1.94. The van der Waals surface area contributed by atoms with E-state index in [0.29, 0.717) is 16.8 Å². The van der Waals surface area contributed by atoms with Crippen LogP contribution in [0.5, 0.6) is 0 Å². The zero-order chi connectivity index (χ0) is 13.6. The second-order valence-electron chi connectivity index (χ2n) is 4.37. The molecule has 0 aliphatic carbocycles. The molecule has 0 spiro atoms. The van der Waals surface area contributed by atoms with E-state index in [4.69, 9.17) is 5.73 Å². The van der Waals surface area contributed by atoms with E-state index in [2.05, 4.69) is 4.98 Å². The van der Waals surface area contributed by atoms with Gasteiger partial charge in [-0.1, -0.05) is 0 Å². The van der Waals surface area contributed by atoms with E-state index in [1.807, 2.05) is 6.92 Å². The molecule has 5 nitrogen and oxygen atoms in total. The van der Waals surface area contributed by atoms with E-state index in [0.717, 1.165) is 9.88 Å². The van der Waals surface area contributed by atoms with Crippen molar-refractivity contribution in [3.05, 3.63) is 45.4 Å². The van der Waals surface area contributed by atoms with Gasteiger partial charge in [-0.05, 0) is 25.1 Å². The number of thiazole rings is 1. The fraction of sp³-hybridized carbons (Fsp3) is 0.154. The number of carbonyl (C=O) groups is 2. The van der Waals surface area contributed by atoms with Crippen molar-refractivity contribution < 1.29 is 9.59 Å². The van der Waals surface area contributed by atoms with Gasteiger partial charge in [0.1, 0.15) is 5.01 Å². The van der Waals surface area contributed by atoms with Crippen LogP contribution in [0.25, 0.3) is 0 Å². The number of anilines is 1. The molecule has 0 atom stereocenters. The molecule has 1 aromatic carbocycles. The summed E-state index contributed by atoms with van der Waals surface area (Å²) in [6.07, 6.45) is 1.73. The average Bonchev–Trinajstić information content (AvgIpc) is 2.88. The molecule has 6 heteroatoms. The van der Waals surface area contributed by atoms with Gasteiger partial charge in [0.15, 0.2) is 0 Å². The van der Waals surface area contributed by atoms with Crippen LogP contribution in [0.1, 0.15) is 30.6 Å². The van der Waals surface area contributed by atoms with Gasteiger partial charge in [-0.3, -0.25) is 14.5 Å². The van der Waals surface area contributed by atoms with Crippen LogP contribution in [0, 0.1) is 6.92 Å². The maximum atomic E-state index is 12.2. The second-order valence-corrected chi connectivity index (χ2v) is 5.69. The lowest BCUT2D eigenvalue weighted by molar-refractivity contribution is 0.0642. The maximum Gasteiger partial charge on any atom is 0.262 e. The van der Waals surface area contributed by atoms with Crippen LogP contribution in [0.15, 0.2) is 24.4 Å². The fourth-order valence-corrected chi connectivity index (χ4v) is 2.84. The van der Waals surface area contributed by atoms with Crippen molar-refractivity contribution in [3.8, 4) is 0 Å². The Labute approximate surface area is 113 Å². The van der Waals surface area contributed by atoms with Crippen LogP contribution in [-0.2, 0) is 6.54 Å². The van der Waals surface area contributed by atoms with Crippen molar-refractivity contribution in [2.75, 3.05) is 5.73 Å². The fourth-order valence-electron chi connectivity index (χ4n) is 2.06. The number of aromatic nitrogens is 1. The minimum Gasteiger partial charge on any atom is -0.399 e. The lowest BCUT2D eigenvalue weighted by atomic mass is 10.1. The number of hydrogen-bond donors (Lipinski definition) is 1. The molecule has 2 amide bonds. The molecular formula is C13H11N3O2S. The number of nitrogens with zero attached hydrogens (tertiary/aromatic N) is 2. The highest BCUT2D eigenvalue weighted by molar-refractivity contribution is 7.11. The first-order chi connectivity index (χ1) is 9.06. The number of benzene rings is 1. The molecule has 0 radical (unpaired) electrons. The predicted molar refractivity (Wildman–Crippen MR) is 71.9 cm³/mol. The van der Waals surface area contributed by atoms with Crippen molar-refractivity contribution in [2.45, 2.75) is 13.5 Å². The second kappa shape index (κ2) is 4.17. The molecule has 96 valence electrons. The highest BCUT2D eigenvalue weighted by atomic mass is 32.1. The number of fused-ring (bicyclic) bond motifs is 1. The van der Waals surface area contributed by atoms with Crippen LogP contribution in [0.3, 0.4) is 0 Å². The van der Waals surface area contributed by atoms with Gasteiger partial charge in [0.2, 0.25) is 0 Å². The molecule has 0 fully saturated rings. The van der Waals surface area contributed by atoms with E-state index in [9.17, 15) is 9.59 Å². The summed E-state index contributed by atoms with van der Waals surface area (Å²) in [4.78, 5) is 30.8. The molecule has 1 aromatic heterocycles. The third kappa shape index (κ3) is 1.90. The molecule has 2 N–H and O–H groups in total. The molecular weight excluding hydrogens is 262 g/mol. The number of hydrogen-bond acceptors (Lipinski definition) is 5. The zero-order valence-electron chi connectivity index (χ0n) is 10.2. The number of rotatable bonds is 2. The number of aryl methyl sites for hydroxylation is 1. The summed E-state index contributed by atoms with van der Waals surface area (Å²) in [6.45, 7) is 2.15. The van der Waals surface area contributed by atoms with Crippen molar-refractivity contribution in [2.24, 2.45) is 0 Å². The lowest BCUT2D eigenvalue weighted by Gasteiger charge is -2.11. The zero-order valence-corrected chi connectivity index (χ0v) is 11.0. The number of imide groups is 1. The van der Waals surface area contributed by atoms with Gasteiger partial charge in [-0.15, -0.1) is 11.3 Å². The number of nitrogen functional groups attached to an aromatic ring is 1. The van der Waals surface area contributed by atoms with Gasteiger partial charge < -0.3 is 5.73 Å². The topological polar surface area (TPSA) is 76.3 Å². The summed E-state index contributed by atoms with van der Waals surface area (Å²) < 4.78 is 0. The van der Waals surface area contributed by atoms with Crippen molar-refractivity contribution >= 4 is 28.8 Å². The maximum absolute atomic E-state index is 12.2. The van der Waals surface area contributed by atoms with Crippen LogP contribution in [-0.4, -0.2) is 21.7 Å². The Morgan fingerprint density at radius 1 is 1.26 bits per heavy atom. The molecule has 3 rings (SSSR count). The van der Waals surface area contributed by atoms with Crippen LogP contribution in [0.4, 0.5) is 5.69 Å². The van der Waals surface area contributed by atoms with Gasteiger partial charge in [0.05, 0.1) is 17.7 Å². The molecule has 0 unspecified atom stereocenters. The van der Waals surface area contributed by atoms with Crippen molar-refractivity contribution in [1.29, 1.82) is 0 Å². The molecule has 0 saturated heterocycles. The Morgan fingerprint density at radius 3 is 2.68 bits per heavy atom. The first-order valence-electron chi connectivity index (χ1n) is 5.73. The lowest BCUT2D eigenvalue weighted by Crippen LogP contribution is -2.28. The number of nitrogens with two attached hydrogens (primary N) is 1. The Hall–Kier alpha value is -2.21. The summed E-state index contributed by atoms with van der Waals surface area (Å²) in [5.41, 5.74) is 6.91. The minimum absolute atomic E-state index is 0.213. The monoisotopic (exact) mass is 273 g/mol. The van der Waals surface area contributed by atoms with Gasteiger partial charge in [-0.25, -0.2) is 4.98 Å². The Morgan fingerprint density at radius 2 is 2.00 bits per heavy atom. The SMILES string of the molecule is Cc1cnc(CN2C(=O)c3ccc(N)cc3C2=O)s1. The smallest absolute Gasteiger partial charge is 0.262 e. The Bertz CT molecular complexity index is 693. The normalized spacial score (nSPS) is 14.1. The molecule has 0 bridgehead atoms. The summed E-state index contributed by atoms with van der Waals surface area (Å²) in [5.74, 6) is -0.590. The molecule has 19 heavy (non-hydrogen) atoms. The van der Waals surface area contributed by atoms with Gasteiger partial charge in [0.25, 0.3) is 11.8 Å². The van der Waals surface area contributed by atoms with Gasteiger partial charge >= 0.3 is 0 Å². The van der Waals surface area contributed by atoms with Crippen molar-refractivity contribution in [1.82, 2.24) is 9.88 Å². The molecule has 2 aromatic rings. The van der Waals surface area contributed by atoms with Gasteiger partial charge in [0, 0.05) is 16.8 Å². The van der Waals surface area contributed by atoms with E-state index in [-0.39, 0.29) is 18.4 Å². The molecule has 1 aliphatic heterocycles. The van der Waals surface area contributed by atoms with Gasteiger partial charge in [-0.2, -0.15) is 0 Å². The van der Waals surface area contributed by atoms with E-state index < -0.39 is 0 Å². The number of amides is 2. The van der Waals surface area contributed by atoms with Crippen LogP contribution < -0.4 is 5.73 Å². The summed E-state index contributed by atoms with van der Waals surface area (Å²) in [7, 11) is 0. The predicted octanol–water partition coefficient (Wildman–Crippen LogP) is 1.83. The highest BCUT2D eigenvalue weighted by Gasteiger charge is 2.35. The van der Waals surface area contributed by atoms with E-state index in [1.54, 1.807) is 24.4 Å². The van der Waals surface area contributed by atoms with E-state index in [1.165, 1.54) is 16.2 Å². The molecule has 0 saturated carbocycles. The summed E-state index contributed by atoms with van der Waals surface area (Å²) in [6, 6.07) is 4.77. The largest absolute Gasteiger partial charge is 0.399 e. The number of carbonyl (C=O) groups excluding carboxylic acids is 2. The minimum atomic E-state index is -0.305. The van der Waals surface area contributed by atoms with Crippen molar-refractivity contribution in [3.63, 3.8) is 0 Å². The summed E-state index contributed by atoms with van der Waals surface area (Å²) in [5, 5.41) is 0.750. The first-order valence-corrected chi connectivity index (χ1v) is 6.55. The average molecular weight is 273 g/mol. The molecule has 1 aliphatic rings. The summed E-state index contributed by atoms with van der Waals surface area (Å²) >= 11 is 1.48. The Kier molecular flexibility index (Phi) is 2.60. The third-order valence-corrected chi connectivity index (χ3v) is 3.85. The third-order valence-electron chi connectivity index (χ3n) is 2.96. The molecule has 2 heterocycles.